The maximum atomic E-state index is 14.7. The number of pyridine rings is 1. The minimum atomic E-state index is -1.07. The molecule has 5 aromatic rings. The summed E-state index contributed by atoms with van der Waals surface area (Å²) in [5, 5.41) is 11.8. The second-order valence-corrected chi connectivity index (χ2v) is 11.2. The molecular weight excluding hydrogens is 498 g/mol. The fourth-order valence-electron chi connectivity index (χ4n) is 6.13. The maximum absolute atomic E-state index is 14.7. The summed E-state index contributed by atoms with van der Waals surface area (Å²) in [6, 6.07) is 11.4. The third kappa shape index (κ3) is 4.53. The number of aliphatic hydroxyl groups is 1. The largest absolute Gasteiger partial charge is 0.469 e. The number of benzene rings is 2. The van der Waals surface area contributed by atoms with Crippen molar-refractivity contribution in [1.29, 1.82) is 0 Å². The SMILES string of the molecule is Cc1coc(C)c1-c1cnc2c3ccc(C(C)(C)O)cc3n(C(c3cc(F)cc(F)c3)C3CCOCC3)c2c1. The van der Waals surface area contributed by atoms with Gasteiger partial charge in [-0.25, -0.2) is 8.78 Å². The first kappa shape index (κ1) is 25.7. The summed E-state index contributed by atoms with van der Waals surface area (Å²) in [6.07, 6.45) is 5.09. The highest BCUT2D eigenvalue weighted by molar-refractivity contribution is 6.07. The highest BCUT2D eigenvalue weighted by atomic mass is 19.1. The predicted octanol–water partition coefficient (Wildman–Crippen LogP) is 7.59. The average molecular weight is 531 g/mol. The molecule has 1 aliphatic rings. The van der Waals surface area contributed by atoms with Crippen LogP contribution in [0.4, 0.5) is 8.78 Å². The van der Waals surface area contributed by atoms with Gasteiger partial charge in [0.05, 0.1) is 34.5 Å². The monoisotopic (exact) mass is 530 g/mol. The van der Waals surface area contributed by atoms with E-state index < -0.39 is 17.2 Å². The molecule has 1 fully saturated rings. The zero-order valence-electron chi connectivity index (χ0n) is 22.6. The van der Waals surface area contributed by atoms with E-state index >= 15 is 0 Å². The van der Waals surface area contributed by atoms with Gasteiger partial charge in [0.15, 0.2) is 0 Å². The van der Waals surface area contributed by atoms with Crippen LogP contribution in [0, 0.1) is 31.4 Å². The topological polar surface area (TPSA) is 60.4 Å². The van der Waals surface area contributed by atoms with Gasteiger partial charge >= 0.3 is 0 Å². The number of hydrogen-bond acceptors (Lipinski definition) is 4. The Morgan fingerprint density at radius 2 is 1.72 bits per heavy atom. The van der Waals surface area contributed by atoms with E-state index in [0.29, 0.717) is 18.8 Å². The zero-order valence-corrected chi connectivity index (χ0v) is 22.6. The van der Waals surface area contributed by atoms with Crippen LogP contribution in [0.2, 0.25) is 0 Å². The van der Waals surface area contributed by atoms with E-state index in [1.165, 1.54) is 12.1 Å². The van der Waals surface area contributed by atoms with E-state index in [1.807, 2.05) is 38.2 Å². The molecule has 0 radical (unpaired) electrons. The molecule has 0 amide bonds. The molecule has 6 rings (SSSR count). The van der Waals surface area contributed by atoms with E-state index in [4.69, 9.17) is 14.1 Å². The lowest BCUT2D eigenvalue weighted by Crippen LogP contribution is -2.27. The Hall–Kier alpha value is -3.55. The standard InChI is InChI=1S/C32H32F2N2O3/c1-18-17-39-19(2)29(18)22-13-28-30(35-16-22)26-6-5-23(32(3,4)37)14-27(26)36(28)31(20-7-9-38-10-8-20)21-11-24(33)15-25(34)12-21/h5-6,11-17,20,31,37H,7-10H2,1-4H3. The van der Waals surface area contributed by atoms with Gasteiger partial charge in [-0.2, -0.15) is 0 Å². The zero-order chi connectivity index (χ0) is 27.5. The Morgan fingerprint density at radius 3 is 2.36 bits per heavy atom. The van der Waals surface area contributed by atoms with Gasteiger partial charge in [-0.3, -0.25) is 4.98 Å². The number of nitrogens with zero attached hydrogens (tertiary/aromatic N) is 2. The number of rotatable bonds is 5. The lowest BCUT2D eigenvalue weighted by atomic mass is 9.86. The van der Waals surface area contributed by atoms with Crippen molar-refractivity contribution in [3.8, 4) is 11.1 Å². The minimum absolute atomic E-state index is 0.0746. The number of halogens is 2. The first-order valence-electron chi connectivity index (χ1n) is 13.4. The molecule has 39 heavy (non-hydrogen) atoms. The van der Waals surface area contributed by atoms with Crippen molar-refractivity contribution in [1.82, 2.24) is 9.55 Å². The Kier molecular flexibility index (Phi) is 6.31. The molecule has 4 heterocycles. The van der Waals surface area contributed by atoms with E-state index in [-0.39, 0.29) is 12.0 Å². The van der Waals surface area contributed by atoms with Crippen molar-refractivity contribution >= 4 is 21.9 Å². The molecule has 0 saturated carbocycles. The smallest absolute Gasteiger partial charge is 0.126 e. The van der Waals surface area contributed by atoms with Gasteiger partial charge in [-0.1, -0.05) is 12.1 Å². The second kappa shape index (κ2) is 9.57. The van der Waals surface area contributed by atoms with Crippen LogP contribution in [0.5, 0.6) is 0 Å². The molecule has 2 aromatic carbocycles. The van der Waals surface area contributed by atoms with E-state index in [1.54, 1.807) is 20.1 Å². The van der Waals surface area contributed by atoms with Crippen LogP contribution in [-0.2, 0) is 10.3 Å². The summed E-state index contributed by atoms with van der Waals surface area (Å²) in [6.45, 7) is 8.60. The normalized spacial score (nSPS) is 15.9. The van der Waals surface area contributed by atoms with Crippen molar-refractivity contribution in [3.63, 3.8) is 0 Å². The van der Waals surface area contributed by atoms with Crippen molar-refractivity contribution < 1.29 is 23.0 Å². The van der Waals surface area contributed by atoms with Crippen LogP contribution in [0.1, 0.15) is 55.2 Å². The quantitative estimate of drug-likeness (QED) is 0.254. The van der Waals surface area contributed by atoms with Crippen LogP contribution in [-0.4, -0.2) is 27.9 Å². The highest BCUT2D eigenvalue weighted by Crippen LogP contribution is 2.42. The molecule has 1 atom stereocenters. The molecule has 1 unspecified atom stereocenters. The van der Waals surface area contributed by atoms with Gasteiger partial charge in [0.1, 0.15) is 17.4 Å². The molecule has 202 valence electrons. The van der Waals surface area contributed by atoms with E-state index in [0.717, 1.165) is 68.9 Å². The molecule has 0 spiro atoms. The van der Waals surface area contributed by atoms with Crippen LogP contribution >= 0.6 is 0 Å². The Labute approximate surface area is 226 Å². The Balaban J connectivity index is 1.71. The summed E-state index contributed by atoms with van der Waals surface area (Å²) in [5.74, 6) is -0.341. The molecule has 1 N–H and O–H groups in total. The van der Waals surface area contributed by atoms with E-state index in [9.17, 15) is 13.9 Å². The fourth-order valence-corrected chi connectivity index (χ4v) is 6.13. The summed E-state index contributed by atoms with van der Waals surface area (Å²) in [5.41, 5.74) is 5.65. The highest BCUT2D eigenvalue weighted by Gasteiger charge is 2.32. The number of furan rings is 1. The molecule has 7 heteroatoms. The first-order chi connectivity index (χ1) is 18.6. The average Bonchev–Trinajstić information content (AvgIpc) is 3.39. The van der Waals surface area contributed by atoms with Crippen molar-refractivity contribution in [2.24, 2.45) is 5.92 Å². The minimum Gasteiger partial charge on any atom is -0.469 e. The van der Waals surface area contributed by atoms with Crippen LogP contribution < -0.4 is 0 Å². The molecule has 5 nitrogen and oxygen atoms in total. The Bertz CT molecular complexity index is 1650. The maximum Gasteiger partial charge on any atom is 0.126 e. The number of aromatic nitrogens is 2. The first-order valence-corrected chi connectivity index (χ1v) is 13.4. The third-order valence-corrected chi connectivity index (χ3v) is 8.01. The van der Waals surface area contributed by atoms with Crippen LogP contribution in [0.15, 0.2) is 59.3 Å². The molecule has 0 aliphatic carbocycles. The number of fused-ring (bicyclic) bond motifs is 3. The van der Waals surface area contributed by atoms with Gasteiger partial charge in [0.2, 0.25) is 0 Å². The predicted molar refractivity (Wildman–Crippen MR) is 148 cm³/mol. The summed E-state index contributed by atoms with van der Waals surface area (Å²) >= 11 is 0. The third-order valence-electron chi connectivity index (χ3n) is 8.01. The molecule has 3 aromatic heterocycles. The van der Waals surface area contributed by atoms with Crippen molar-refractivity contribution in [2.45, 2.75) is 52.2 Å². The van der Waals surface area contributed by atoms with Gasteiger partial charge in [0, 0.05) is 42.0 Å². The van der Waals surface area contributed by atoms with Gasteiger partial charge in [-0.15, -0.1) is 0 Å². The second-order valence-electron chi connectivity index (χ2n) is 11.2. The summed E-state index contributed by atoms with van der Waals surface area (Å²) < 4.78 is 42.8. The van der Waals surface area contributed by atoms with Gasteiger partial charge in [0.25, 0.3) is 0 Å². The number of hydrogen-bond donors (Lipinski definition) is 1. The van der Waals surface area contributed by atoms with E-state index in [2.05, 4.69) is 10.6 Å². The van der Waals surface area contributed by atoms with Crippen molar-refractivity contribution in [2.75, 3.05) is 13.2 Å². The number of aryl methyl sites for hydroxylation is 2. The van der Waals surface area contributed by atoms with Crippen LogP contribution in [0.3, 0.4) is 0 Å². The van der Waals surface area contributed by atoms with Crippen LogP contribution in [0.25, 0.3) is 33.1 Å². The molecule has 0 bridgehead atoms. The Morgan fingerprint density at radius 1 is 1.00 bits per heavy atom. The van der Waals surface area contributed by atoms with Gasteiger partial charge < -0.3 is 18.8 Å². The molecular formula is C32H32F2N2O3. The fraction of sp³-hybridized carbons (Fsp3) is 0.344. The van der Waals surface area contributed by atoms with Gasteiger partial charge in [-0.05, 0) is 87.4 Å². The van der Waals surface area contributed by atoms with Crippen molar-refractivity contribution in [3.05, 3.63) is 89.0 Å². The summed E-state index contributed by atoms with van der Waals surface area (Å²) in [4.78, 5) is 4.92. The number of ether oxygens (including phenoxy) is 1. The molecule has 1 saturated heterocycles. The molecule has 1 aliphatic heterocycles. The lowest BCUT2D eigenvalue weighted by Gasteiger charge is -2.33. The lowest BCUT2D eigenvalue weighted by molar-refractivity contribution is 0.0552. The summed E-state index contributed by atoms with van der Waals surface area (Å²) in [7, 11) is 0.